The molecule has 1 heterocycles. The number of aromatic nitrogens is 1. The minimum Gasteiger partial charge on any atom is -0.397 e. The molecule has 0 atom stereocenters. The summed E-state index contributed by atoms with van der Waals surface area (Å²) in [6.45, 7) is 0. The number of hydrogen-bond acceptors (Lipinski definition) is 3. The maximum Gasteiger partial charge on any atom is 0.274 e. The highest BCUT2D eigenvalue weighted by Crippen LogP contribution is 2.25. The van der Waals surface area contributed by atoms with Crippen LogP contribution in [0, 0.1) is 11.6 Å². The van der Waals surface area contributed by atoms with E-state index >= 15 is 0 Å². The first-order chi connectivity index (χ1) is 8.99. The SMILES string of the molecule is Nc1ccc(F)c(F)c1NC(=O)c1ccc(Cl)cn1. The lowest BCUT2D eigenvalue weighted by Gasteiger charge is -2.09. The molecule has 1 aromatic carbocycles. The quantitative estimate of drug-likeness (QED) is 0.833. The van der Waals surface area contributed by atoms with Crippen LogP contribution in [0.4, 0.5) is 20.2 Å². The Kier molecular flexibility index (Phi) is 3.62. The van der Waals surface area contributed by atoms with E-state index in [1.165, 1.54) is 18.3 Å². The average molecular weight is 284 g/mol. The van der Waals surface area contributed by atoms with Gasteiger partial charge in [-0.05, 0) is 24.3 Å². The highest BCUT2D eigenvalue weighted by Gasteiger charge is 2.16. The average Bonchev–Trinajstić information content (AvgIpc) is 2.40. The van der Waals surface area contributed by atoms with Gasteiger partial charge in [0.2, 0.25) is 0 Å². The summed E-state index contributed by atoms with van der Waals surface area (Å²) in [5.74, 6) is -3.04. The van der Waals surface area contributed by atoms with Gasteiger partial charge in [-0.2, -0.15) is 0 Å². The van der Waals surface area contributed by atoms with E-state index in [-0.39, 0.29) is 11.4 Å². The first-order valence-electron chi connectivity index (χ1n) is 5.15. The number of nitrogens with one attached hydrogen (secondary N) is 1. The van der Waals surface area contributed by atoms with Gasteiger partial charge in [-0.1, -0.05) is 11.6 Å². The van der Waals surface area contributed by atoms with Gasteiger partial charge in [0.25, 0.3) is 5.91 Å². The maximum atomic E-state index is 13.5. The lowest BCUT2D eigenvalue weighted by Crippen LogP contribution is -2.16. The molecule has 0 saturated heterocycles. The van der Waals surface area contributed by atoms with Gasteiger partial charge in [0, 0.05) is 6.20 Å². The third kappa shape index (κ3) is 2.79. The van der Waals surface area contributed by atoms with Gasteiger partial charge in [-0.25, -0.2) is 13.8 Å². The van der Waals surface area contributed by atoms with Crippen molar-refractivity contribution in [3.63, 3.8) is 0 Å². The lowest BCUT2D eigenvalue weighted by atomic mass is 10.2. The van der Waals surface area contributed by atoms with Crippen molar-refractivity contribution in [3.8, 4) is 0 Å². The van der Waals surface area contributed by atoms with E-state index in [4.69, 9.17) is 17.3 Å². The number of carbonyl (C=O) groups is 1. The standard InChI is InChI=1S/C12H8ClF2N3O/c13-6-1-4-9(17-5-6)12(19)18-11-8(16)3-2-7(14)10(11)15/h1-5H,16H2,(H,18,19). The highest BCUT2D eigenvalue weighted by molar-refractivity contribution is 6.30. The molecule has 0 bridgehead atoms. The molecule has 0 unspecified atom stereocenters. The van der Waals surface area contributed by atoms with Crippen LogP contribution in [0.5, 0.6) is 0 Å². The van der Waals surface area contributed by atoms with Gasteiger partial charge < -0.3 is 11.1 Å². The van der Waals surface area contributed by atoms with E-state index in [1.807, 2.05) is 0 Å². The van der Waals surface area contributed by atoms with Crippen LogP contribution in [0.15, 0.2) is 30.5 Å². The Balaban J connectivity index is 2.29. The summed E-state index contributed by atoms with van der Waals surface area (Å²) in [6.07, 6.45) is 1.27. The summed E-state index contributed by atoms with van der Waals surface area (Å²) >= 11 is 5.62. The molecule has 1 aromatic heterocycles. The van der Waals surface area contributed by atoms with Crippen molar-refractivity contribution in [2.45, 2.75) is 0 Å². The number of nitrogen functional groups attached to an aromatic ring is 1. The summed E-state index contributed by atoms with van der Waals surface area (Å²) in [6, 6.07) is 4.84. The van der Waals surface area contributed by atoms with Crippen LogP contribution < -0.4 is 11.1 Å². The van der Waals surface area contributed by atoms with E-state index in [0.29, 0.717) is 5.02 Å². The highest BCUT2D eigenvalue weighted by atomic mass is 35.5. The fraction of sp³-hybridized carbons (Fsp3) is 0. The van der Waals surface area contributed by atoms with Crippen LogP contribution in [-0.4, -0.2) is 10.9 Å². The first kappa shape index (κ1) is 13.2. The number of nitrogens with two attached hydrogens (primary N) is 1. The van der Waals surface area contributed by atoms with Gasteiger partial charge in [0.1, 0.15) is 11.4 Å². The molecule has 98 valence electrons. The predicted octanol–water partition coefficient (Wildman–Crippen LogP) is 2.85. The molecule has 1 amide bonds. The Morgan fingerprint density at radius 1 is 1.26 bits per heavy atom. The second kappa shape index (κ2) is 5.19. The van der Waals surface area contributed by atoms with Crippen LogP contribution in [-0.2, 0) is 0 Å². The zero-order chi connectivity index (χ0) is 14.0. The van der Waals surface area contributed by atoms with E-state index < -0.39 is 23.2 Å². The minimum atomic E-state index is -1.22. The summed E-state index contributed by atoms with van der Waals surface area (Å²) in [5.41, 5.74) is 4.99. The molecule has 0 aliphatic carbocycles. The Labute approximate surface area is 112 Å². The van der Waals surface area contributed by atoms with Crippen molar-refractivity contribution in [2.75, 3.05) is 11.1 Å². The second-order valence-corrected chi connectivity index (χ2v) is 4.08. The number of nitrogens with zero attached hydrogens (tertiary/aromatic N) is 1. The predicted molar refractivity (Wildman–Crippen MR) is 68.0 cm³/mol. The zero-order valence-electron chi connectivity index (χ0n) is 9.45. The number of rotatable bonds is 2. The molecule has 19 heavy (non-hydrogen) atoms. The Bertz CT molecular complexity index is 632. The molecule has 0 spiro atoms. The molecule has 4 nitrogen and oxygen atoms in total. The minimum absolute atomic E-state index is 0.00691. The van der Waals surface area contributed by atoms with Crippen molar-refractivity contribution in [2.24, 2.45) is 0 Å². The molecule has 2 rings (SSSR count). The van der Waals surface area contributed by atoms with E-state index in [0.717, 1.165) is 12.1 Å². The fourth-order valence-corrected chi connectivity index (χ4v) is 1.49. The number of amides is 1. The topological polar surface area (TPSA) is 68.0 Å². The monoisotopic (exact) mass is 283 g/mol. The largest absolute Gasteiger partial charge is 0.397 e. The molecule has 0 aliphatic rings. The summed E-state index contributed by atoms with van der Waals surface area (Å²) in [5, 5.41) is 2.53. The molecule has 2 aromatic rings. The summed E-state index contributed by atoms with van der Waals surface area (Å²) in [4.78, 5) is 15.5. The van der Waals surface area contributed by atoms with Crippen molar-refractivity contribution >= 4 is 28.9 Å². The number of anilines is 2. The Hall–Kier alpha value is -2.21. The third-order valence-corrected chi connectivity index (χ3v) is 2.55. The smallest absolute Gasteiger partial charge is 0.274 e. The number of pyridine rings is 1. The number of carbonyl (C=O) groups excluding carboxylic acids is 1. The fourth-order valence-electron chi connectivity index (χ4n) is 1.38. The molecular weight excluding hydrogens is 276 g/mol. The number of halogens is 3. The van der Waals surface area contributed by atoms with Gasteiger partial charge in [0.15, 0.2) is 11.6 Å². The van der Waals surface area contributed by atoms with Crippen molar-refractivity contribution in [1.29, 1.82) is 0 Å². The van der Waals surface area contributed by atoms with Crippen molar-refractivity contribution in [1.82, 2.24) is 4.98 Å². The molecular formula is C12H8ClF2N3O. The normalized spacial score (nSPS) is 10.3. The Morgan fingerprint density at radius 3 is 2.63 bits per heavy atom. The Morgan fingerprint density at radius 2 is 2.00 bits per heavy atom. The van der Waals surface area contributed by atoms with Crippen molar-refractivity contribution < 1.29 is 13.6 Å². The van der Waals surface area contributed by atoms with Gasteiger partial charge >= 0.3 is 0 Å². The first-order valence-corrected chi connectivity index (χ1v) is 5.53. The summed E-state index contributed by atoms with van der Waals surface area (Å²) in [7, 11) is 0. The molecule has 3 N–H and O–H groups in total. The van der Waals surface area contributed by atoms with Gasteiger partial charge in [-0.3, -0.25) is 4.79 Å². The molecule has 0 aliphatic heterocycles. The van der Waals surface area contributed by atoms with Crippen molar-refractivity contribution in [3.05, 3.63) is 52.8 Å². The van der Waals surface area contributed by atoms with E-state index in [1.54, 1.807) is 0 Å². The summed E-state index contributed by atoms with van der Waals surface area (Å²) < 4.78 is 26.5. The lowest BCUT2D eigenvalue weighted by molar-refractivity contribution is 0.102. The van der Waals surface area contributed by atoms with Gasteiger partial charge in [-0.15, -0.1) is 0 Å². The molecule has 0 saturated carbocycles. The van der Waals surface area contributed by atoms with E-state index in [2.05, 4.69) is 10.3 Å². The number of benzene rings is 1. The second-order valence-electron chi connectivity index (χ2n) is 3.64. The maximum absolute atomic E-state index is 13.5. The molecule has 7 heteroatoms. The van der Waals surface area contributed by atoms with Crippen LogP contribution in [0.2, 0.25) is 5.02 Å². The van der Waals surface area contributed by atoms with Crippen LogP contribution >= 0.6 is 11.6 Å². The van der Waals surface area contributed by atoms with Crippen LogP contribution in [0.1, 0.15) is 10.5 Å². The molecule has 0 fully saturated rings. The third-order valence-electron chi connectivity index (χ3n) is 2.33. The zero-order valence-corrected chi connectivity index (χ0v) is 10.2. The van der Waals surface area contributed by atoms with Crippen LogP contribution in [0.25, 0.3) is 0 Å². The number of hydrogen-bond donors (Lipinski definition) is 2. The molecule has 0 radical (unpaired) electrons. The van der Waals surface area contributed by atoms with Crippen LogP contribution in [0.3, 0.4) is 0 Å². The van der Waals surface area contributed by atoms with Gasteiger partial charge in [0.05, 0.1) is 10.7 Å². The van der Waals surface area contributed by atoms with E-state index in [9.17, 15) is 13.6 Å².